The van der Waals surface area contributed by atoms with Gasteiger partial charge in [-0.3, -0.25) is 4.79 Å². The van der Waals surface area contributed by atoms with Crippen molar-refractivity contribution in [2.24, 2.45) is 0 Å². The molecule has 2 aromatic heterocycles. The molecule has 0 aliphatic heterocycles. The summed E-state index contributed by atoms with van der Waals surface area (Å²) in [7, 11) is 0. The number of benzene rings is 1. The molecule has 6 heteroatoms. The molecule has 0 aliphatic carbocycles. The van der Waals surface area contributed by atoms with Crippen LogP contribution in [0.2, 0.25) is 0 Å². The highest BCUT2D eigenvalue weighted by molar-refractivity contribution is 7.15. The Bertz CT molecular complexity index is 820. The molecule has 0 unspecified atom stereocenters. The molecule has 3 rings (SSSR count). The molecule has 0 aliphatic rings. The maximum absolute atomic E-state index is 12.9. The fourth-order valence-corrected chi connectivity index (χ4v) is 2.82. The van der Waals surface area contributed by atoms with Gasteiger partial charge < -0.3 is 5.73 Å². The zero-order valence-corrected chi connectivity index (χ0v) is 10.9. The molecule has 0 bridgehead atoms. The Hall–Kier alpha value is -2.21. The minimum absolute atomic E-state index is 0.286. The van der Waals surface area contributed by atoms with Gasteiger partial charge in [-0.25, -0.2) is 4.39 Å². The molecule has 1 aromatic carbocycles. The van der Waals surface area contributed by atoms with E-state index < -0.39 is 0 Å². The minimum atomic E-state index is -0.357. The second kappa shape index (κ2) is 4.17. The van der Waals surface area contributed by atoms with Gasteiger partial charge in [-0.05, 0) is 31.2 Å². The van der Waals surface area contributed by atoms with Gasteiger partial charge in [0.05, 0.1) is 21.8 Å². The predicted molar refractivity (Wildman–Crippen MR) is 74.3 cm³/mol. The van der Waals surface area contributed by atoms with E-state index in [1.807, 2.05) is 12.3 Å². The minimum Gasteiger partial charge on any atom is -0.390 e. The number of fused-ring (bicyclic) bond motifs is 1. The van der Waals surface area contributed by atoms with Crippen LogP contribution in [0.25, 0.3) is 16.5 Å². The summed E-state index contributed by atoms with van der Waals surface area (Å²) in [6, 6.07) is 5.61. The van der Waals surface area contributed by atoms with Crippen LogP contribution in [-0.2, 0) is 0 Å². The van der Waals surface area contributed by atoms with Gasteiger partial charge in [0.2, 0.25) is 0 Å². The average Bonchev–Trinajstić information content (AvgIpc) is 2.78. The number of rotatable bonds is 1. The van der Waals surface area contributed by atoms with E-state index in [-0.39, 0.29) is 11.4 Å². The summed E-state index contributed by atoms with van der Waals surface area (Å²) in [4.78, 5) is 12.4. The summed E-state index contributed by atoms with van der Waals surface area (Å²) < 4.78 is 14.2. The van der Waals surface area contributed by atoms with Crippen molar-refractivity contribution >= 4 is 27.1 Å². The van der Waals surface area contributed by atoms with Gasteiger partial charge >= 0.3 is 0 Å². The molecule has 2 N–H and O–H groups in total. The van der Waals surface area contributed by atoms with Crippen molar-refractivity contribution in [3.63, 3.8) is 0 Å². The van der Waals surface area contributed by atoms with Crippen molar-refractivity contribution in [3.05, 3.63) is 51.5 Å². The van der Waals surface area contributed by atoms with E-state index in [1.165, 1.54) is 40.3 Å². The molecule has 0 spiro atoms. The number of nitrogens with two attached hydrogens (primary N) is 1. The van der Waals surface area contributed by atoms with Crippen LogP contribution in [0.1, 0.15) is 5.69 Å². The number of nitrogen functional groups attached to an aromatic ring is 1. The summed E-state index contributed by atoms with van der Waals surface area (Å²) >= 11 is 1.32. The molecule has 3 aromatic rings. The highest BCUT2D eigenvalue weighted by Gasteiger charge is 2.13. The fraction of sp³-hybridized carbons (Fsp3) is 0.0769. The summed E-state index contributed by atoms with van der Waals surface area (Å²) in [6.07, 6.45) is 0. The Morgan fingerprint density at radius 2 is 2.00 bits per heavy atom. The smallest absolute Gasteiger partial charge is 0.282 e. The fourth-order valence-electron chi connectivity index (χ4n) is 1.97. The third kappa shape index (κ3) is 1.80. The normalized spacial score (nSPS) is 11.1. The lowest BCUT2D eigenvalue weighted by molar-refractivity contribution is 0.626. The summed E-state index contributed by atoms with van der Waals surface area (Å²) in [6.45, 7) is 1.81. The third-order valence-electron chi connectivity index (χ3n) is 2.94. The maximum Gasteiger partial charge on any atom is 0.282 e. The number of hydrogen-bond donors (Lipinski definition) is 1. The molecule has 0 fully saturated rings. The topological polar surface area (TPSA) is 60.9 Å². The molecular weight excluding hydrogens is 265 g/mol. The van der Waals surface area contributed by atoms with Gasteiger partial charge in [-0.1, -0.05) is 0 Å². The molecular formula is C13H10FN3OS. The number of aryl methyl sites for hydroxylation is 1. The number of anilines is 1. The first-order valence-corrected chi connectivity index (χ1v) is 6.48. The Balaban J connectivity index is 2.36. The monoisotopic (exact) mass is 275 g/mol. The molecule has 0 atom stereocenters. The van der Waals surface area contributed by atoms with E-state index in [2.05, 4.69) is 5.10 Å². The molecule has 0 saturated heterocycles. The number of aromatic nitrogens is 2. The van der Waals surface area contributed by atoms with Crippen molar-refractivity contribution in [1.82, 2.24) is 9.78 Å². The van der Waals surface area contributed by atoms with E-state index in [4.69, 9.17) is 5.73 Å². The quantitative estimate of drug-likeness (QED) is 0.742. The number of thiophene rings is 1. The van der Waals surface area contributed by atoms with Gasteiger partial charge in [0.25, 0.3) is 5.56 Å². The largest absolute Gasteiger partial charge is 0.390 e. The van der Waals surface area contributed by atoms with Gasteiger partial charge in [0, 0.05) is 10.8 Å². The zero-order valence-electron chi connectivity index (χ0n) is 10.1. The van der Waals surface area contributed by atoms with Gasteiger partial charge in [0.1, 0.15) is 5.82 Å². The summed E-state index contributed by atoms with van der Waals surface area (Å²) in [5, 5.41) is 7.79. The number of nitrogens with zero attached hydrogens (tertiary/aromatic N) is 2. The molecule has 2 heterocycles. The molecule has 4 nitrogen and oxygen atoms in total. The van der Waals surface area contributed by atoms with Crippen molar-refractivity contribution in [3.8, 4) is 5.69 Å². The zero-order chi connectivity index (χ0) is 13.6. The van der Waals surface area contributed by atoms with Crippen LogP contribution in [0.5, 0.6) is 0 Å². The van der Waals surface area contributed by atoms with Crippen LogP contribution < -0.4 is 11.3 Å². The number of hydrogen-bond acceptors (Lipinski definition) is 4. The summed E-state index contributed by atoms with van der Waals surface area (Å²) in [5.74, 6) is -0.357. The van der Waals surface area contributed by atoms with Crippen LogP contribution in [0.4, 0.5) is 9.39 Å². The second-order valence-corrected chi connectivity index (χ2v) is 5.08. The van der Waals surface area contributed by atoms with E-state index in [0.717, 1.165) is 5.39 Å². The highest BCUT2D eigenvalue weighted by atomic mass is 32.1. The van der Waals surface area contributed by atoms with Gasteiger partial charge in [-0.2, -0.15) is 9.78 Å². The van der Waals surface area contributed by atoms with Crippen molar-refractivity contribution in [1.29, 1.82) is 0 Å². The van der Waals surface area contributed by atoms with Crippen molar-refractivity contribution < 1.29 is 4.39 Å². The Morgan fingerprint density at radius 1 is 1.32 bits per heavy atom. The standard InChI is InChI=1S/C13H10FN3OS/c1-7-10-6-19-12(15)11(10)13(18)17(16-7)9-4-2-8(14)3-5-9/h2-6H,15H2,1H3. The first-order valence-electron chi connectivity index (χ1n) is 5.60. The van der Waals surface area contributed by atoms with E-state index in [0.29, 0.717) is 21.8 Å². The van der Waals surface area contributed by atoms with E-state index in [1.54, 1.807) is 0 Å². The second-order valence-electron chi connectivity index (χ2n) is 4.17. The van der Waals surface area contributed by atoms with Crippen LogP contribution in [-0.4, -0.2) is 9.78 Å². The number of halogens is 1. The lowest BCUT2D eigenvalue weighted by Crippen LogP contribution is -2.22. The Kier molecular flexibility index (Phi) is 2.60. The molecule has 96 valence electrons. The SMILES string of the molecule is Cc1nn(-c2ccc(F)cc2)c(=O)c2c(N)scc12. The van der Waals surface area contributed by atoms with Crippen molar-refractivity contribution in [2.45, 2.75) is 6.92 Å². The lowest BCUT2D eigenvalue weighted by atomic mass is 10.2. The van der Waals surface area contributed by atoms with Gasteiger partial charge in [-0.15, -0.1) is 11.3 Å². The van der Waals surface area contributed by atoms with E-state index in [9.17, 15) is 9.18 Å². The van der Waals surface area contributed by atoms with E-state index >= 15 is 0 Å². The first-order chi connectivity index (χ1) is 9.08. The lowest BCUT2D eigenvalue weighted by Gasteiger charge is -2.06. The summed E-state index contributed by atoms with van der Waals surface area (Å²) in [5.41, 5.74) is 6.78. The highest BCUT2D eigenvalue weighted by Crippen LogP contribution is 2.26. The van der Waals surface area contributed by atoms with Crippen LogP contribution in [0.3, 0.4) is 0 Å². The Labute approximate surface area is 111 Å². The average molecular weight is 275 g/mol. The van der Waals surface area contributed by atoms with Gasteiger partial charge in [0.15, 0.2) is 0 Å². The maximum atomic E-state index is 12.9. The first kappa shape index (κ1) is 11.9. The molecule has 0 radical (unpaired) electrons. The van der Waals surface area contributed by atoms with Crippen LogP contribution >= 0.6 is 11.3 Å². The van der Waals surface area contributed by atoms with Crippen LogP contribution in [0, 0.1) is 12.7 Å². The molecule has 0 amide bonds. The van der Waals surface area contributed by atoms with Crippen LogP contribution in [0.15, 0.2) is 34.4 Å². The Morgan fingerprint density at radius 3 is 2.68 bits per heavy atom. The molecule has 0 saturated carbocycles. The predicted octanol–water partition coefficient (Wildman–Crippen LogP) is 2.48. The van der Waals surface area contributed by atoms with Crippen molar-refractivity contribution in [2.75, 3.05) is 5.73 Å². The molecule has 19 heavy (non-hydrogen) atoms. The third-order valence-corrected chi connectivity index (χ3v) is 3.75.